The maximum absolute atomic E-state index is 12.4. The summed E-state index contributed by atoms with van der Waals surface area (Å²) in [6.07, 6.45) is 1.09. The molecular weight excluding hydrogens is 316 g/mol. The summed E-state index contributed by atoms with van der Waals surface area (Å²) >= 11 is 5.92. The van der Waals surface area contributed by atoms with Crippen LogP contribution in [0.4, 0.5) is 5.69 Å². The van der Waals surface area contributed by atoms with Crippen molar-refractivity contribution in [1.29, 1.82) is 5.26 Å². The van der Waals surface area contributed by atoms with E-state index in [0.29, 0.717) is 23.9 Å². The summed E-state index contributed by atoms with van der Waals surface area (Å²) in [5.74, 6) is -0.399. The average molecular weight is 335 g/mol. The van der Waals surface area contributed by atoms with Crippen LogP contribution in [0.15, 0.2) is 29.4 Å². The third-order valence-corrected chi connectivity index (χ3v) is 3.66. The second kappa shape index (κ2) is 7.95. The van der Waals surface area contributed by atoms with E-state index in [-0.39, 0.29) is 5.71 Å². The van der Waals surface area contributed by atoms with Gasteiger partial charge in [0.05, 0.1) is 5.69 Å². The molecule has 1 atom stereocenters. The lowest BCUT2D eigenvalue weighted by molar-refractivity contribution is -0.140. The van der Waals surface area contributed by atoms with Crippen molar-refractivity contribution < 1.29 is 9.53 Å². The van der Waals surface area contributed by atoms with Gasteiger partial charge in [-0.2, -0.15) is 10.4 Å². The molecule has 2 rings (SSSR count). The summed E-state index contributed by atoms with van der Waals surface area (Å²) in [4.78, 5) is 14.0. The average Bonchev–Trinajstić information content (AvgIpc) is 2.56. The third kappa shape index (κ3) is 3.81. The molecule has 1 heterocycles. The molecule has 1 aromatic carbocycles. The first kappa shape index (κ1) is 17.3. The van der Waals surface area contributed by atoms with Gasteiger partial charge in [0.2, 0.25) is 12.1 Å². The quantitative estimate of drug-likeness (QED) is 0.802. The van der Waals surface area contributed by atoms with Crippen molar-refractivity contribution in [3.63, 3.8) is 0 Å². The summed E-state index contributed by atoms with van der Waals surface area (Å²) in [5, 5.41) is 15.5. The predicted molar refractivity (Wildman–Crippen MR) is 89.0 cm³/mol. The summed E-state index contributed by atoms with van der Waals surface area (Å²) in [5.41, 5.74) is 0.557. The summed E-state index contributed by atoms with van der Waals surface area (Å²) in [7, 11) is 0. The highest BCUT2D eigenvalue weighted by Gasteiger charge is 2.37. The maximum Gasteiger partial charge on any atom is 0.288 e. The highest BCUT2D eigenvalue weighted by atomic mass is 35.5. The Morgan fingerprint density at radius 1 is 1.35 bits per heavy atom. The number of unbranched alkanes of at least 4 members (excludes halogenated alkanes) is 1. The van der Waals surface area contributed by atoms with Crippen molar-refractivity contribution >= 4 is 28.9 Å². The van der Waals surface area contributed by atoms with Crippen molar-refractivity contribution in [3.8, 4) is 6.07 Å². The number of nitrogens with zero attached hydrogens (tertiary/aromatic N) is 4. The number of rotatable bonds is 6. The van der Waals surface area contributed by atoms with Crippen LogP contribution in [-0.4, -0.2) is 36.0 Å². The van der Waals surface area contributed by atoms with Gasteiger partial charge in [-0.15, -0.1) is 0 Å². The number of nitriles is 1. The van der Waals surface area contributed by atoms with E-state index in [9.17, 15) is 10.1 Å². The van der Waals surface area contributed by atoms with E-state index in [1.807, 2.05) is 19.9 Å². The minimum Gasteiger partial charge on any atom is -0.339 e. The van der Waals surface area contributed by atoms with Crippen molar-refractivity contribution in [3.05, 3.63) is 29.3 Å². The van der Waals surface area contributed by atoms with Crippen molar-refractivity contribution in [2.24, 2.45) is 5.10 Å². The molecule has 0 saturated carbocycles. The Kier molecular flexibility index (Phi) is 5.97. The Morgan fingerprint density at radius 3 is 2.61 bits per heavy atom. The van der Waals surface area contributed by atoms with Crippen LogP contribution in [0.5, 0.6) is 0 Å². The van der Waals surface area contributed by atoms with Crippen LogP contribution < -0.4 is 5.01 Å². The van der Waals surface area contributed by atoms with Gasteiger partial charge in [-0.1, -0.05) is 24.9 Å². The molecule has 23 heavy (non-hydrogen) atoms. The van der Waals surface area contributed by atoms with E-state index in [1.54, 1.807) is 34.2 Å². The van der Waals surface area contributed by atoms with Gasteiger partial charge in [0.1, 0.15) is 6.07 Å². The first-order chi connectivity index (χ1) is 11.1. The molecule has 0 aliphatic carbocycles. The van der Waals surface area contributed by atoms with Crippen molar-refractivity contribution in [2.75, 3.05) is 18.2 Å². The van der Waals surface area contributed by atoms with Gasteiger partial charge in [0.15, 0.2) is 0 Å². The van der Waals surface area contributed by atoms with Crippen LogP contribution in [0.25, 0.3) is 0 Å². The van der Waals surface area contributed by atoms with Gasteiger partial charge in [-0.3, -0.25) is 9.69 Å². The van der Waals surface area contributed by atoms with Gasteiger partial charge in [0.25, 0.3) is 5.91 Å². The minimum atomic E-state index is -0.669. The lowest BCUT2D eigenvalue weighted by Crippen LogP contribution is -2.57. The number of carbonyl (C=O) groups excluding carboxylic acids is 1. The molecule has 0 aromatic heterocycles. The molecular formula is C16H19ClN4O2. The SMILES string of the molecule is CCCCN1C(=O)C(C#N)=NN(c2ccc(Cl)cc2)[C@@H]1OCC. The minimum absolute atomic E-state index is 0.146. The Balaban J connectivity index is 2.43. The lowest BCUT2D eigenvalue weighted by atomic mass is 10.2. The number of anilines is 1. The molecule has 0 fully saturated rings. The molecule has 122 valence electrons. The Morgan fingerprint density at radius 2 is 2.04 bits per heavy atom. The molecule has 1 aliphatic rings. The molecule has 1 aliphatic heterocycles. The van der Waals surface area contributed by atoms with Crippen LogP contribution >= 0.6 is 11.6 Å². The standard InChI is InChI=1S/C16H19ClN4O2/c1-3-5-10-20-15(22)14(11-18)19-21(16(20)23-4-2)13-8-6-12(17)7-9-13/h6-9,16H,3-5,10H2,1-2H3/t16-/m1/s1. The van der Waals surface area contributed by atoms with Crippen molar-refractivity contribution in [1.82, 2.24) is 4.90 Å². The molecule has 7 heteroatoms. The fraction of sp³-hybridized carbons (Fsp3) is 0.438. The zero-order valence-corrected chi connectivity index (χ0v) is 14.0. The second-order valence-corrected chi connectivity index (χ2v) is 5.45. The lowest BCUT2D eigenvalue weighted by Gasteiger charge is -2.40. The summed E-state index contributed by atoms with van der Waals surface area (Å²) in [6.45, 7) is 4.82. The maximum atomic E-state index is 12.4. The third-order valence-electron chi connectivity index (χ3n) is 3.41. The van der Waals surface area contributed by atoms with E-state index in [0.717, 1.165) is 12.8 Å². The number of hydrogen-bond acceptors (Lipinski definition) is 5. The molecule has 1 aromatic rings. The van der Waals surface area contributed by atoms with Crippen LogP contribution in [0.1, 0.15) is 26.7 Å². The van der Waals surface area contributed by atoms with E-state index in [1.165, 1.54) is 0 Å². The number of ether oxygens (including phenoxy) is 1. The van der Waals surface area contributed by atoms with Crippen LogP contribution in [0, 0.1) is 11.3 Å². The normalized spacial score (nSPS) is 17.9. The number of hydrogen-bond donors (Lipinski definition) is 0. The molecule has 6 nitrogen and oxygen atoms in total. The van der Waals surface area contributed by atoms with Crippen molar-refractivity contribution in [2.45, 2.75) is 33.0 Å². The monoisotopic (exact) mass is 334 g/mol. The largest absolute Gasteiger partial charge is 0.339 e. The zero-order chi connectivity index (χ0) is 16.8. The van der Waals surface area contributed by atoms with E-state index >= 15 is 0 Å². The van der Waals surface area contributed by atoms with Gasteiger partial charge in [-0.05, 0) is 37.6 Å². The first-order valence-electron chi connectivity index (χ1n) is 7.58. The number of benzene rings is 1. The molecule has 1 amide bonds. The highest BCUT2D eigenvalue weighted by molar-refractivity contribution is 6.45. The molecule has 0 N–H and O–H groups in total. The Hall–Kier alpha value is -2.10. The molecule has 0 bridgehead atoms. The Labute approximate surface area is 140 Å². The second-order valence-electron chi connectivity index (χ2n) is 5.02. The number of halogens is 1. The van der Waals surface area contributed by atoms with E-state index in [2.05, 4.69) is 5.10 Å². The van der Waals surface area contributed by atoms with E-state index in [4.69, 9.17) is 16.3 Å². The van der Waals surface area contributed by atoms with Crippen LogP contribution in [0.3, 0.4) is 0 Å². The Bertz CT molecular complexity index is 624. The molecule has 0 spiro atoms. The fourth-order valence-corrected chi connectivity index (χ4v) is 2.39. The molecule has 0 saturated heterocycles. The fourth-order valence-electron chi connectivity index (χ4n) is 2.27. The molecule has 0 unspecified atom stereocenters. The van der Waals surface area contributed by atoms with Gasteiger partial charge in [0, 0.05) is 18.2 Å². The number of hydrazone groups is 1. The topological polar surface area (TPSA) is 68.9 Å². The first-order valence-corrected chi connectivity index (χ1v) is 7.96. The van der Waals surface area contributed by atoms with E-state index < -0.39 is 12.3 Å². The predicted octanol–water partition coefficient (Wildman–Crippen LogP) is 2.99. The summed E-state index contributed by atoms with van der Waals surface area (Å²) < 4.78 is 5.73. The summed E-state index contributed by atoms with van der Waals surface area (Å²) in [6, 6.07) is 8.89. The van der Waals surface area contributed by atoms with Gasteiger partial charge >= 0.3 is 0 Å². The zero-order valence-electron chi connectivity index (χ0n) is 13.2. The van der Waals surface area contributed by atoms with Crippen LogP contribution in [-0.2, 0) is 9.53 Å². The highest BCUT2D eigenvalue weighted by Crippen LogP contribution is 2.26. The van der Waals surface area contributed by atoms with Crippen LogP contribution in [0.2, 0.25) is 5.02 Å². The number of amides is 1. The van der Waals surface area contributed by atoms with Gasteiger partial charge in [-0.25, -0.2) is 5.01 Å². The van der Waals surface area contributed by atoms with Gasteiger partial charge < -0.3 is 4.74 Å². The number of carbonyl (C=O) groups is 1. The smallest absolute Gasteiger partial charge is 0.288 e. The molecule has 0 radical (unpaired) electrons.